The van der Waals surface area contributed by atoms with Crippen molar-refractivity contribution < 1.29 is 17.6 Å². The Bertz CT molecular complexity index is 1560. The molecule has 0 aliphatic heterocycles. The molecule has 13 heteroatoms. The van der Waals surface area contributed by atoms with Gasteiger partial charge in [-0.3, -0.25) is 9.36 Å². The van der Waals surface area contributed by atoms with E-state index >= 15 is 0 Å². The van der Waals surface area contributed by atoms with E-state index in [1.807, 2.05) is 6.07 Å². The zero-order valence-electron chi connectivity index (χ0n) is 17.9. The summed E-state index contributed by atoms with van der Waals surface area (Å²) in [6, 6.07) is 8.68. The van der Waals surface area contributed by atoms with E-state index in [1.165, 1.54) is 25.1 Å². The first-order valence-electron chi connectivity index (χ1n) is 9.99. The molecule has 0 bridgehead atoms. The molecule has 0 aliphatic rings. The number of nitrogens with two attached hydrogens (primary N) is 2. The molecule has 9 nitrogen and oxygen atoms in total. The molecule has 5 N–H and O–H groups in total. The molecule has 35 heavy (non-hydrogen) atoms. The number of nitrogens with one attached hydrogen (secondary N) is 1. The van der Waals surface area contributed by atoms with Crippen LogP contribution in [0.5, 0.6) is 0 Å². The van der Waals surface area contributed by atoms with E-state index in [4.69, 9.17) is 11.5 Å². The number of nitrogens with zero attached hydrogens (tertiary/aromatic N) is 5. The number of fused-ring (bicyclic) bond motifs is 1. The van der Waals surface area contributed by atoms with Crippen LogP contribution in [0.15, 0.2) is 47.3 Å². The van der Waals surface area contributed by atoms with Crippen LogP contribution < -0.4 is 22.3 Å². The lowest BCUT2D eigenvalue weighted by molar-refractivity contribution is -0.137. The number of nitriles is 1. The Balaban J connectivity index is 1.97. The number of benzene rings is 2. The lowest BCUT2D eigenvalue weighted by atomic mass is 10.1. The number of rotatable bonds is 4. The average molecular weight is 484 g/mol. The minimum atomic E-state index is -4.68. The highest BCUT2D eigenvalue weighted by molar-refractivity contribution is 5.79. The zero-order chi connectivity index (χ0) is 25.5. The fraction of sp³-hybridized carbons (Fsp3) is 0.136. The van der Waals surface area contributed by atoms with Gasteiger partial charge in [-0.2, -0.15) is 28.4 Å². The van der Waals surface area contributed by atoms with Gasteiger partial charge in [0, 0.05) is 0 Å². The van der Waals surface area contributed by atoms with Crippen molar-refractivity contribution in [1.29, 1.82) is 5.26 Å². The molecule has 1 atom stereocenters. The second-order valence-electron chi connectivity index (χ2n) is 7.46. The minimum Gasteiger partial charge on any atom is -0.382 e. The van der Waals surface area contributed by atoms with E-state index in [0.717, 1.165) is 28.8 Å². The van der Waals surface area contributed by atoms with Crippen molar-refractivity contribution in [3.05, 3.63) is 75.6 Å². The maximum Gasteiger partial charge on any atom is 0.416 e. The number of hydrogen-bond donors (Lipinski definition) is 3. The summed E-state index contributed by atoms with van der Waals surface area (Å²) in [6.07, 6.45) is -4.68. The second kappa shape index (κ2) is 8.56. The van der Waals surface area contributed by atoms with Crippen LogP contribution in [0.2, 0.25) is 0 Å². The van der Waals surface area contributed by atoms with Crippen LogP contribution in [0, 0.1) is 17.1 Å². The van der Waals surface area contributed by atoms with Crippen molar-refractivity contribution in [1.82, 2.24) is 19.5 Å². The van der Waals surface area contributed by atoms with Crippen molar-refractivity contribution in [2.45, 2.75) is 19.1 Å². The van der Waals surface area contributed by atoms with E-state index in [9.17, 15) is 27.6 Å². The molecule has 0 saturated heterocycles. The Morgan fingerprint density at radius 3 is 2.51 bits per heavy atom. The van der Waals surface area contributed by atoms with Gasteiger partial charge in [0.05, 0.1) is 22.8 Å². The van der Waals surface area contributed by atoms with Gasteiger partial charge in [-0.05, 0) is 37.3 Å². The Morgan fingerprint density at radius 2 is 1.83 bits per heavy atom. The quantitative estimate of drug-likeness (QED) is 0.373. The van der Waals surface area contributed by atoms with E-state index in [2.05, 4.69) is 20.3 Å². The summed E-state index contributed by atoms with van der Waals surface area (Å²) in [5.41, 5.74) is 9.09. The molecule has 2 aromatic heterocycles. The summed E-state index contributed by atoms with van der Waals surface area (Å²) >= 11 is 0. The molecule has 0 saturated carbocycles. The molecular formula is C22H16F4N8O. The summed E-state index contributed by atoms with van der Waals surface area (Å²) < 4.78 is 55.5. The van der Waals surface area contributed by atoms with Gasteiger partial charge in [0.25, 0.3) is 5.56 Å². The van der Waals surface area contributed by atoms with Crippen LogP contribution in [-0.2, 0) is 6.18 Å². The number of alkyl halides is 3. The van der Waals surface area contributed by atoms with E-state index in [-0.39, 0.29) is 40.2 Å². The monoisotopic (exact) mass is 484 g/mol. The fourth-order valence-corrected chi connectivity index (χ4v) is 3.55. The number of hydrogen-bond acceptors (Lipinski definition) is 8. The highest BCUT2D eigenvalue weighted by atomic mass is 19.4. The standard InChI is InChI=1S/C22H16F4N8O/c1-10(30-18-13(9-27)17(28)32-21(29)33-18)19-31-15-7-3-6-14(23)16(15)20(35)34(19)12-5-2-4-11(8-12)22(24,25)26/h2-8,10H,1H3,(H5,28,29,30,32,33)/t10-/m0/s1. The summed E-state index contributed by atoms with van der Waals surface area (Å²) in [6.45, 7) is 1.52. The number of nitrogen functional groups attached to an aromatic ring is 2. The summed E-state index contributed by atoms with van der Waals surface area (Å²) in [7, 11) is 0. The highest BCUT2D eigenvalue weighted by Crippen LogP contribution is 2.31. The third-order valence-corrected chi connectivity index (χ3v) is 5.11. The summed E-state index contributed by atoms with van der Waals surface area (Å²) in [4.78, 5) is 25.4. The molecule has 2 heterocycles. The SMILES string of the molecule is C[C@H](Nc1nc(N)nc(N)c1C#N)c1nc2cccc(F)c2c(=O)n1-c1cccc(C(F)(F)F)c1. The van der Waals surface area contributed by atoms with Crippen molar-refractivity contribution >= 4 is 28.5 Å². The van der Waals surface area contributed by atoms with Crippen molar-refractivity contribution in [2.24, 2.45) is 0 Å². The van der Waals surface area contributed by atoms with Gasteiger partial charge >= 0.3 is 6.18 Å². The molecule has 4 rings (SSSR count). The molecule has 0 unspecified atom stereocenters. The van der Waals surface area contributed by atoms with Gasteiger partial charge in [0.2, 0.25) is 5.95 Å². The topological polar surface area (TPSA) is 149 Å². The van der Waals surface area contributed by atoms with Crippen molar-refractivity contribution in [3.63, 3.8) is 0 Å². The summed E-state index contributed by atoms with van der Waals surface area (Å²) in [5.74, 6) is -1.46. The molecule has 0 fully saturated rings. The molecule has 2 aromatic carbocycles. The smallest absolute Gasteiger partial charge is 0.382 e. The maximum atomic E-state index is 14.5. The molecule has 4 aromatic rings. The van der Waals surface area contributed by atoms with Crippen molar-refractivity contribution in [3.8, 4) is 11.8 Å². The van der Waals surface area contributed by atoms with Gasteiger partial charge in [-0.15, -0.1) is 0 Å². The Morgan fingerprint density at radius 1 is 1.11 bits per heavy atom. The van der Waals surface area contributed by atoms with E-state index < -0.39 is 34.5 Å². The largest absolute Gasteiger partial charge is 0.416 e. The normalized spacial score (nSPS) is 12.3. The second-order valence-corrected chi connectivity index (χ2v) is 7.46. The van der Waals surface area contributed by atoms with Crippen LogP contribution in [-0.4, -0.2) is 19.5 Å². The third kappa shape index (κ3) is 4.29. The van der Waals surface area contributed by atoms with Crippen LogP contribution in [0.25, 0.3) is 16.6 Å². The first kappa shape index (κ1) is 23.4. The van der Waals surface area contributed by atoms with E-state index in [0.29, 0.717) is 0 Å². The van der Waals surface area contributed by atoms with Crippen LogP contribution in [0.1, 0.15) is 29.9 Å². The lowest BCUT2D eigenvalue weighted by Gasteiger charge is -2.21. The molecule has 0 spiro atoms. The number of halogens is 4. The molecule has 0 radical (unpaired) electrons. The molecule has 0 amide bonds. The first-order chi connectivity index (χ1) is 16.5. The summed E-state index contributed by atoms with van der Waals surface area (Å²) in [5, 5.41) is 11.9. The molecule has 0 aliphatic carbocycles. The van der Waals surface area contributed by atoms with Gasteiger partial charge in [0.15, 0.2) is 5.82 Å². The first-order valence-corrected chi connectivity index (χ1v) is 9.99. The van der Waals surface area contributed by atoms with Crippen LogP contribution in [0.4, 0.5) is 35.1 Å². The predicted molar refractivity (Wildman–Crippen MR) is 120 cm³/mol. The Hall–Kier alpha value is -4.73. The Kier molecular flexibility index (Phi) is 5.73. The number of anilines is 3. The van der Waals surface area contributed by atoms with Crippen LogP contribution >= 0.6 is 0 Å². The van der Waals surface area contributed by atoms with Gasteiger partial charge < -0.3 is 16.8 Å². The fourth-order valence-electron chi connectivity index (χ4n) is 3.55. The molecule has 178 valence electrons. The lowest BCUT2D eigenvalue weighted by Crippen LogP contribution is -2.28. The predicted octanol–water partition coefficient (Wildman–Crippen LogP) is 3.54. The Labute approximate surface area is 194 Å². The van der Waals surface area contributed by atoms with Gasteiger partial charge in [0.1, 0.15) is 34.5 Å². The third-order valence-electron chi connectivity index (χ3n) is 5.11. The highest BCUT2D eigenvalue weighted by Gasteiger charge is 2.31. The minimum absolute atomic E-state index is 0.0101. The van der Waals surface area contributed by atoms with Gasteiger partial charge in [-0.25, -0.2) is 9.37 Å². The number of aromatic nitrogens is 4. The van der Waals surface area contributed by atoms with Crippen LogP contribution in [0.3, 0.4) is 0 Å². The molecular weight excluding hydrogens is 468 g/mol. The van der Waals surface area contributed by atoms with Gasteiger partial charge in [-0.1, -0.05) is 12.1 Å². The van der Waals surface area contributed by atoms with Crippen molar-refractivity contribution in [2.75, 3.05) is 16.8 Å². The maximum absolute atomic E-state index is 14.5. The average Bonchev–Trinajstić information content (AvgIpc) is 2.78. The van der Waals surface area contributed by atoms with E-state index in [1.54, 1.807) is 0 Å². The zero-order valence-corrected chi connectivity index (χ0v) is 17.9.